The van der Waals surface area contributed by atoms with E-state index in [2.05, 4.69) is 31.3 Å². The summed E-state index contributed by atoms with van der Waals surface area (Å²) in [6, 6.07) is 9.05. The van der Waals surface area contributed by atoms with Gasteiger partial charge in [0, 0.05) is 39.8 Å². The molecule has 1 aliphatic rings. The molecule has 1 atom stereocenters. The van der Waals surface area contributed by atoms with Crippen LogP contribution in [0.2, 0.25) is 0 Å². The maximum atomic E-state index is 14.2. The lowest BCUT2D eigenvalue weighted by atomic mass is 9.97. The van der Waals surface area contributed by atoms with Gasteiger partial charge in [0.25, 0.3) is 11.5 Å². The number of nitrogens with zero attached hydrogens (tertiary/aromatic N) is 5. The topological polar surface area (TPSA) is 127 Å². The molecule has 1 unspecified atom stereocenters. The zero-order valence-electron chi connectivity index (χ0n) is 24.9. The van der Waals surface area contributed by atoms with E-state index in [1.54, 1.807) is 46.5 Å². The monoisotopic (exact) mass is 685 g/mol. The van der Waals surface area contributed by atoms with Gasteiger partial charge in [-0.05, 0) is 68.1 Å². The van der Waals surface area contributed by atoms with E-state index in [9.17, 15) is 27.6 Å². The minimum absolute atomic E-state index is 0.0143. The number of fused-ring (bicyclic) bond motifs is 3. The Kier molecular flexibility index (Phi) is 8.62. The van der Waals surface area contributed by atoms with Crippen molar-refractivity contribution in [2.75, 3.05) is 7.05 Å². The number of nitrogens with two attached hydrogens (primary N) is 1. The molecule has 10 nitrogen and oxygen atoms in total. The minimum Gasteiger partial charge on any atom is -0.383 e. The van der Waals surface area contributed by atoms with Gasteiger partial charge in [-0.25, -0.2) is 9.31 Å². The quantitative estimate of drug-likeness (QED) is 0.223. The minimum atomic E-state index is -4.64. The van der Waals surface area contributed by atoms with E-state index < -0.39 is 29.7 Å². The summed E-state index contributed by atoms with van der Waals surface area (Å²) in [5.74, 6) is -0.330. The highest BCUT2D eigenvalue weighted by molar-refractivity contribution is 9.10. The number of nitrogens with one attached hydrogen (secondary N) is 1. The second-order valence-electron chi connectivity index (χ2n) is 11.3. The van der Waals surface area contributed by atoms with Crippen molar-refractivity contribution < 1.29 is 22.8 Å². The van der Waals surface area contributed by atoms with Crippen molar-refractivity contribution in [1.82, 2.24) is 24.4 Å². The van der Waals surface area contributed by atoms with Crippen LogP contribution in [0.15, 0.2) is 62.9 Å². The van der Waals surface area contributed by atoms with Gasteiger partial charge in [0.2, 0.25) is 0 Å². The molecule has 3 amide bonds. The van der Waals surface area contributed by atoms with Gasteiger partial charge in [-0.15, -0.1) is 0 Å². The van der Waals surface area contributed by atoms with E-state index in [4.69, 9.17) is 5.73 Å². The Bertz CT molecular complexity index is 1900. The van der Waals surface area contributed by atoms with Crippen LogP contribution in [0, 0.1) is 5.92 Å². The van der Waals surface area contributed by atoms with Gasteiger partial charge in [0.15, 0.2) is 0 Å². The fourth-order valence-electron chi connectivity index (χ4n) is 5.53. The maximum absolute atomic E-state index is 14.2. The Morgan fingerprint density at radius 1 is 1.16 bits per heavy atom. The lowest BCUT2D eigenvalue weighted by Gasteiger charge is -2.35. The van der Waals surface area contributed by atoms with Gasteiger partial charge in [0.1, 0.15) is 11.5 Å². The van der Waals surface area contributed by atoms with Crippen molar-refractivity contribution in [2.45, 2.75) is 52.4 Å². The molecule has 236 valence electrons. The molecule has 0 saturated carbocycles. The first-order chi connectivity index (χ1) is 21.2. The standard InChI is InChI=1S/C31H31BrF3N7O3/c1-16(2)11-20-14-38-42-25-15-40(28(43)19-7-10-24(32)23(13-19)31(33,34)35)17(3)12-22(25)29(44)41(27(20)42)21-8-5-18(6-9-21)26(36)39-30(45)37-4/h5-10,13-14,16-17H,11-12,15H2,1-4H3,(H3,36,37,39,45). The number of urea groups is 1. The van der Waals surface area contributed by atoms with Crippen LogP contribution in [0.4, 0.5) is 18.0 Å². The molecular formula is C31H31BrF3N7O3. The highest BCUT2D eigenvalue weighted by Gasteiger charge is 2.36. The smallest absolute Gasteiger partial charge is 0.383 e. The largest absolute Gasteiger partial charge is 0.417 e. The Balaban J connectivity index is 1.62. The average Bonchev–Trinajstić information content (AvgIpc) is 3.39. The molecule has 14 heteroatoms. The van der Waals surface area contributed by atoms with E-state index in [1.165, 1.54) is 24.1 Å². The van der Waals surface area contributed by atoms with Crippen molar-refractivity contribution in [3.05, 3.63) is 97.0 Å². The third kappa shape index (κ3) is 6.10. The summed E-state index contributed by atoms with van der Waals surface area (Å²) in [4.78, 5) is 44.8. The highest BCUT2D eigenvalue weighted by Crippen LogP contribution is 2.36. The van der Waals surface area contributed by atoms with Crippen molar-refractivity contribution in [1.29, 1.82) is 0 Å². The first kappa shape index (κ1) is 31.9. The van der Waals surface area contributed by atoms with E-state index in [0.29, 0.717) is 34.6 Å². The van der Waals surface area contributed by atoms with E-state index in [-0.39, 0.29) is 40.3 Å². The normalized spacial score (nSPS) is 15.4. The fraction of sp³-hybridized carbons (Fsp3) is 0.323. The number of carbonyl (C=O) groups is 2. The Morgan fingerprint density at radius 3 is 2.44 bits per heavy atom. The number of amides is 3. The molecular weight excluding hydrogens is 655 g/mol. The summed E-state index contributed by atoms with van der Waals surface area (Å²) in [5.41, 5.74) is 7.97. The summed E-state index contributed by atoms with van der Waals surface area (Å²) in [6.45, 7) is 5.83. The number of alkyl halides is 3. The maximum Gasteiger partial charge on any atom is 0.417 e. The first-order valence-corrected chi connectivity index (χ1v) is 15.0. The first-order valence-electron chi connectivity index (χ1n) is 14.2. The summed E-state index contributed by atoms with van der Waals surface area (Å²) in [7, 11) is 1.44. The van der Waals surface area contributed by atoms with Crippen LogP contribution in [0.25, 0.3) is 11.3 Å². The lowest BCUT2D eigenvalue weighted by molar-refractivity contribution is -0.138. The predicted molar refractivity (Wildman–Crippen MR) is 167 cm³/mol. The van der Waals surface area contributed by atoms with Gasteiger partial charge in [-0.1, -0.05) is 29.8 Å². The van der Waals surface area contributed by atoms with Crippen LogP contribution in [-0.2, 0) is 25.6 Å². The van der Waals surface area contributed by atoms with Crippen LogP contribution in [0.3, 0.4) is 0 Å². The van der Waals surface area contributed by atoms with Gasteiger partial charge in [-0.2, -0.15) is 23.3 Å². The predicted octanol–water partition coefficient (Wildman–Crippen LogP) is 5.10. The molecule has 45 heavy (non-hydrogen) atoms. The number of amidine groups is 1. The summed E-state index contributed by atoms with van der Waals surface area (Å²) in [6.07, 6.45) is -2.16. The molecule has 5 rings (SSSR count). The molecule has 2 aromatic carbocycles. The van der Waals surface area contributed by atoms with Crippen LogP contribution < -0.4 is 16.6 Å². The number of benzene rings is 2. The molecule has 4 aromatic rings. The lowest BCUT2D eigenvalue weighted by Crippen LogP contribution is -2.46. The van der Waals surface area contributed by atoms with Crippen LogP contribution in [0.1, 0.15) is 59.1 Å². The second kappa shape index (κ2) is 12.1. The highest BCUT2D eigenvalue weighted by atomic mass is 79.9. The number of hydrogen-bond donors (Lipinski definition) is 2. The zero-order chi connectivity index (χ0) is 32.8. The van der Waals surface area contributed by atoms with Crippen molar-refractivity contribution in [2.24, 2.45) is 16.6 Å². The van der Waals surface area contributed by atoms with Crippen molar-refractivity contribution in [3.63, 3.8) is 0 Å². The number of halogens is 4. The SMILES string of the molecule is CNC(=O)/N=C(\N)c1ccc(-n2c(=O)c3c(n4ncc(CC(C)C)c24)CN(C(=O)c2ccc(Br)c(C(F)(F)F)c2)C(C)C3)cc1. The summed E-state index contributed by atoms with van der Waals surface area (Å²) >= 11 is 2.93. The second-order valence-corrected chi connectivity index (χ2v) is 12.2. The number of carbonyl (C=O) groups excluding carboxylic acids is 2. The summed E-state index contributed by atoms with van der Waals surface area (Å²) < 4.78 is 43.8. The van der Waals surface area contributed by atoms with Crippen molar-refractivity contribution >= 4 is 39.4 Å². The number of aromatic nitrogens is 3. The molecule has 0 spiro atoms. The molecule has 0 fully saturated rings. The van der Waals surface area contributed by atoms with Gasteiger partial charge < -0.3 is 16.0 Å². The molecule has 3 heterocycles. The van der Waals surface area contributed by atoms with E-state index in [0.717, 1.165) is 11.6 Å². The van der Waals surface area contributed by atoms with Crippen LogP contribution in [-0.4, -0.2) is 49.9 Å². The van der Waals surface area contributed by atoms with Gasteiger partial charge in [-0.3, -0.25) is 14.2 Å². The molecule has 0 bridgehead atoms. The molecule has 3 N–H and O–H groups in total. The van der Waals surface area contributed by atoms with Crippen LogP contribution >= 0.6 is 15.9 Å². The van der Waals surface area contributed by atoms with E-state index in [1.807, 2.05) is 13.8 Å². The Hall–Kier alpha value is -4.46. The average molecular weight is 687 g/mol. The Labute approximate surface area is 264 Å². The van der Waals surface area contributed by atoms with Crippen LogP contribution in [0.5, 0.6) is 0 Å². The van der Waals surface area contributed by atoms with Crippen molar-refractivity contribution in [3.8, 4) is 5.69 Å². The number of rotatable bonds is 5. The fourth-order valence-corrected chi connectivity index (χ4v) is 6.00. The third-order valence-electron chi connectivity index (χ3n) is 7.71. The third-order valence-corrected chi connectivity index (χ3v) is 8.40. The van der Waals surface area contributed by atoms with Gasteiger partial charge in [0.05, 0.1) is 29.7 Å². The molecule has 0 radical (unpaired) electrons. The Morgan fingerprint density at radius 2 is 1.82 bits per heavy atom. The number of aliphatic imine (C=N–C) groups is 1. The van der Waals surface area contributed by atoms with Gasteiger partial charge >= 0.3 is 12.2 Å². The summed E-state index contributed by atoms with van der Waals surface area (Å²) in [5, 5.41) is 7.01. The molecule has 0 saturated heterocycles. The number of hydrogen-bond acceptors (Lipinski definition) is 4. The van der Waals surface area contributed by atoms with E-state index >= 15 is 0 Å². The molecule has 2 aromatic heterocycles. The molecule has 1 aliphatic heterocycles. The zero-order valence-corrected chi connectivity index (χ0v) is 26.5. The molecule has 0 aliphatic carbocycles.